The Labute approximate surface area is 109 Å². The number of ether oxygens (including phenoxy) is 2. The molecule has 0 radical (unpaired) electrons. The summed E-state index contributed by atoms with van der Waals surface area (Å²) < 4.78 is 11.3. The zero-order valence-corrected chi connectivity index (χ0v) is 11.3. The van der Waals surface area contributed by atoms with Gasteiger partial charge in [-0.2, -0.15) is 0 Å². The first-order valence-corrected chi connectivity index (χ1v) is 6.83. The van der Waals surface area contributed by atoms with Crippen LogP contribution in [0.25, 0.3) is 0 Å². The third kappa shape index (κ3) is 3.09. The van der Waals surface area contributed by atoms with Gasteiger partial charge in [0.05, 0.1) is 18.9 Å². The highest BCUT2D eigenvalue weighted by Gasteiger charge is 2.22. The summed E-state index contributed by atoms with van der Waals surface area (Å²) in [6, 6.07) is 5.65. The maximum atomic E-state index is 6.05. The fourth-order valence-electron chi connectivity index (χ4n) is 2.68. The summed E-state index contributed by atoms with van der Waals surface area (Å²) >= 11 is 0. The van der Waals surface area contributed by atoms with Crippen molar-refractivity contribution >= 4 is 5.69 Å². The van der Waals surface area contributed by atoms with Crippen LogP contribution in [0.3, 0.4) is 0 Å². The first-order chi connectivity index (χ1) is 8.72. The summed E-state index contributed by atoms with van der Waals surface area (Å²) in [5, 5.41) is 0. The maximum Gasteiger partial charge on any atom is 0.145 e. The van der Waals surface area contributed by atoms with E-state index in [4.69, 9.17) is 15.2 Å². The molecule has 3 nitrogen and oxygen atoms in total. The molecule has 100 valence electrons. The summed E-state index contributed by atoms with van der Waals surface area (Å²) in [7, 11) is 1.63. The van der Waals surface area contributed by atoms with E-state index < -0.39 is 0 Å². The van der Waals surface area contributed by atoms with E-state index in [1.807, 2.05) is 18.2 Å². The van der Waals surface area contributed by atoms with Gasteiger partial charge >= 0.3 is 0 Å². The normalized spacial score (nSPS) is 23.7. The molecule has 0 aliphatic heterocycles. The van der Waals surface area contributed by atoms with Gasteiger partial charge in [0.1, 0.15) is 11.5 Å². The van der Waals surface area contributed by atoms with E-state index in [2.05, 4.69) is 6.92 Å². The Bertz CT molecular complexity index is 392. The van der Waals surface area contributed by atoms with E-state index >= 15 is 0 Å². The molecule has 18 heavy (non-hydrogen) atoms. The minimum atomic E-state index is 0.344. The van der Waals surface area contributed by atoms with Crippen LogP contribution < -0.4 is 15.2 Å². The average Bonchev–Trinajstić information content (AvgIpc) is 2.41. The third-order valence-corrected chi connectivity index (χ3v) is 3.82. The Morgan fingerprint density at radius 3 is 2.89 bits per heavy atom. The molecule has 1 fully saturated rings. The topological polar surface area (TPSA) is 44.5 Å². The lowest BCUT2D eigenvalue weighted by molar-refractivity contribution is 0.122. The van der Waals surface area contributed by atoms with Gasteiger partial charge in [0.15, 0.2) is 0 Å². The first kappa shape index (κ1) is 13.1. The smallest absolute Gasteiger partial charge is 0.145 e. The van der Waals surface area contributed by atoms with Crippen molar-refractivity contribution in [2.75, 3.05) is 12.8 Å². The lowest BCUT2D eigenvalue weighted by atomic mass is 9.85. The second kappa shape index (κ2) is 5.98. The van der Waals surface area contributed by atoms with Gasteiger partial charge in [-0.3, -0.25) is 0 Å². The molecule has 2 rings (SSSR count). The third-order valence-electron chi connectivity index (χ3n) is 3.82. The van der Waals surface area contributed by atoms with Crippen LogP contribution in [0.2, 0.25) is 0 Å². The van der Waals surface area contributed by atoms with Crippen LogP contribution in [0.5, 0.6) is 11.5 Å². The summed E-state index contributed by atoms with van der Waals surface area (Å²) in [5.74, 6) is 2.37. The van der Waals surface area contributed by atoms with Crippen molar-refractivity contribution in [2.24, 2.45) is 5.92 Å². The predicted molar refractivity (Wildman–Crippen MR) is 74.1 cm³/mol. The van der Waals surface area contributed by atoms with Gasteiger partial charge in [-0.25, -0.2) is 0 Å². The Hall–Kier alpha value is -1.38. The van der Waals surface area contributed by atoms with E-state index in [9.17, 15) is 0 Å². The van der Waals surface area contributed by atoms with E-state index in [-0.39, 0.29) is 0 Å². The van der Waals surface area contributed by atoms with Crippen LogP contribution in [0.1, 0.15) is 39.0 Å². The second-order valence-electron chi connectivity index (χ2n) is 5.08. The minimum absolute atomic E-state index is 0.344. The summed E-state index contributed by atoms with van der Waals surface area (Å²) in [4.78, 5) is 0. The Kier molecular flexibility index (Phi) is 4.34. The second-order valence-corrected chi connectivity index (χ2v) is 5.08. The van der Waals surface area contributed by atoms with Crippen molar-refractivity contribution in [1.29, 1.82) is 0 Å². The highest BCUT2D eigenvalue weighted by Crippen LogP contribution is 2.32. The molecular weight excluding hydrogens is 226 g/mol. The Morgan fingerprint density at radius 1 is 1.33 bits per heavy atom. The first-order valence-electron chi connectivity index (χ1n) is 6.83. The molecule has 0 spiro atoms. The SMILES string of the molecule is CCC1CCCC(Oc2ccc(N)c(OC)c2)C1. The van der Waals surface area contributed by atoms with Crippen molar-refractivity contribution < 1.29 is 9.47 Å². The van der Waals surface area contributed by atoms with E-state index in [0.717, 1.165) is 18.1 Å². The summed E-state index contributed by atoms with van der Waals surface area (Å²) in [6.45, 7) is 2.26. The van der Waals surface area contributed by atoms with E-state index in [1.165, 1.54) is 25.7 Å². The number of hydrogen-bond acceptors (Lipinski definition) is 3. The molecule has 0 aromatic heterocycles. The van der Waals surface area contributed by atoms with Crippen LogP contribution in [0.4, 0.5) is 5.69 Å². The number of nitrogens with two attached hydrogens (primary N) is 1. The molecule has 2 atom stereocenters. The molecule has 0 saturated heterocycles. The van der Waals surface area contributed by atoms with Crippen LogP contribution in [0.15, 0.2) is 18.2 Å². The lowest BCUT2D eigenvalue weighted by Gasteiger charge is -2.29. The highest BCUT2D eigenvalue weighted by atomic mass is 16.5. The Morgan fingerprint density at radius 2 is 2.17 bits per heavy atom. The zero-order valence-electron chi connectivity index (χ0n) is 11.3. The molecule has 2 N–H and O–H groups in total. The highest BCUT2D eigenvalue weighted by molar-refractivity contribution is 5.55. The minimum Gasteiger partial charge on any atom is -0.494 e. The quantitative estimate of drug-likeness (QED) is 0.829. The van der Waals surface area contributed by atoms with Crippen molar-refractivity contribution in [3.63, 3.8) is 0 Å². The monoisotopic (exact) mass is 249 g/mol. The molecule has 2 unspecified atom stereocenters. The summed E-state index contributed by atoms with van der Waals surface area (Å²) in [5.41, 5.74) is 6.45. The molecule has 1 saturated carbocycles. The van der Waals surface area contributed by atoms with Gasteiger partial charge < -0.3 is 15.2 Å². The number of anilines is 1. The number of hydrogen-bond donors (Lipinski definition) is 1. The van der Waals surface area contributed by atoms with Crippen LogP contribution in [-0.2, 0) is 0 Å². The summed E-state index contributed by atoms with van der Waals surface area (Å²) in [6.07, 6.45) is 6.55. The molecule has 1 aliphatic carbocycles. The van der Waals surface area contributed by atoms with Crippen molar-refractivity contribution in [2.45, 2.75) is 45.1 Å². The van der Waals surface area contributed by atoms with Crippen molar-refractivity contribution in [1.82, 2.24) is 0 Å². The molecule has 3 heteroatoms. The van der Waals surface area contributed by atoms with Crippen LogP contribution >= 0.6 is 0 Å². The van der Waals surface area contributed by atoms with Gasteiger partial charge in [0.2, 0.25) is 0 Å². The standard InChI is InChI=1S/C15H23NO2/c1-3-11-5-4-6-12(9-11)18-13-7-8-14(16)15(10-13)17-2/h7-8,10-12H,3-6,9,16H2,1-2H3. The molecule has 0 bridgehead atoms. The van der Waals surface area contributed by atoms with Gasteiger partial charge in [-0.1, -0.05) is 19.8 Å². The van der Waals surface area contributed by atoms with Crippen molar-refractivity contribution in [3.05, 3.63) is 18.2 Å². The zero-order chi connectivity index (χ0) is 13.0. The number of nitrogen functional groups attached to an aromatic ring is 1. The largest absolute Gasteiger partial charge is 0.494 e. The molecular formula is C15H23NO2. The van der Waals surface area contributed by atoms with E-state index in [1.54, 1.807) is 7.11 Å². The number of benzene rings is 1. The molecule has 1 aromatic carbocycles. The van der Waals surface area contributed by atoms with Gasteiger partial charge in [-0.15, -0.1) is 0 Å². The Balaban J connectivity index is 2.00. The lowest BCUT2D eigenvalue weighted by Crippen LogP contribution is -2.25. The molecule has 1 aromatic rings. The number of rotatable bonds is 4. The van der Waals surface area contributed by atoms with Crippen molar-refractivity contribution in [3.8, 4) is 11.5 Å². The molecule has 1 aliphatic rings. The maximum absolute atomic E-state index is 6.05. The fourth-order valence-corrected chi connectivity index (χ4v) is 2.68. The van der Waals surface area contributed by atoms with Crippen LogP contribution in [-0.4, -0.2) is 13.2 Å². The van der Waals surface area contributed by atoms with E-state index in [0.29, 0.717) is 17.5 Å². The molecule has 0 heterocycles. The molecule has 0 amide bonds. The average molecular weight is 249 g/mol. The number of methoxy groups -OCH3 is 1. The van der Waals surface area contributed by atoms with Crippen LogP contribution in [0, 0.1) is 5.92 Å². The fraction of sp³-hybridized carbons (Fsp3) is 0.600. The van der Waals surface area contributed by atoms with Gasteiger partial charge in [-0.05, 0) is 37.3 Å². The van der Waals surface area contributed by atoms with Gasteiger partial charge in [0, 0.05) is 6.07 Å². The predicted octanol–water partition coefficient (Wildman–Crippen LogP) is 3.63. The van der Waals surface area contributed by atoms with Gasteiger partial charge in [0.25, 0.3) is 0 Å².